The molecule has 0 saturated carbocycles. The number of carbonyl (C=O) groups is 1. The zero-order chi connectivity index (χ0) is 25.6. The summed E-state index contributed by atoms with van der Waals surface area (Å²) in [5.74, 6) is 2.53. The number of piperazine rings is 1. The molecule has 0 bridgehead atoms. The van der Waals surface area contributed by atoms with Crippen molar-refractivity contribution in [3.8, 4) is 5.75 Å². The van der Waals surface area contributed by atoms with Gasteiger partial charge in [0.05, 0.1) is 12.3 Å². The lowest BCUT2D eigenvalue weighted by Crippen LogP contribution is -2.48. The predicted molar refractivity (Wildman–Crippen MR) is 150 cm³/mol. The molecule has 2 aromatic carbocycles. The molecular weight excluding hydrogens is 506 g/mol. The van der Waals surface area contributed by atoms with Gasteiger partial charge in [0.2, 0.25) is 0 Å². The average molecular weight is 538 g/mol. The summed E-state index contributed by atoms with van der Waals surface area (Å²) in [5.41, 5.74) is 2.86. The van der Waals surface area contributed by atoms with Gasteiger partial charge in [-0.1, -0.05) is 47.6 Å². The number of thioether (sulfide) groups is 1. The van der Waals surface area contributed by atoms with Gasteiger partial charge in [-0.25, -0.2) is 9.97 Å². The van der Waals surface area contributed by atoms with Gasteiger partial charge in [0, 0.05) is 56.7 Å². The van der Waals surface area contributed by atoms with Gasteiger partial charge < -0.3 is 19.4 Å². The standard InChI is InChI=1S/C28H32ClN5O2S/c1-2-36-24-11-4-3-10-23(24)32-14-16-34(17-15-32)27(35)22-9-7-8-21(18-22)20-37-28-30-25(29)19-26(31-28)33-12-5-6-13-33/h3-4,7-11,18-19H,2,5-6,12-17,20H2,1H3. The Labute approximate surface area is 227 Å². The second-order valence-corrected chi connectivity index (χ2v) is 10.5. The number of ether oxygens (including phenoxy) is 1. The van der Waals surface area contributed by atoms with E-state index in [9.17, 15) is 4.79 Å². The summed E-state index contributed by atoms with van der Waals surface area (Å²) in [4.78, 5) is 28.9. The van der Waals surface area contributed by atoms with E-state index in [1.54, 1.807) is 11.8 Å². The van der Waals surface area contributed by atoms with Gasteiger partial charge in [-0.05, 0) is 49.6 Å². The Bertz CT molecular complexity index is 1230. The van der Waals surface area contributed by atoms with E-state index >= 15 is 0 Å². The second kappa shape index (κ2) is 12.0. The second-order valence-electron chi connectivity index (χ2n) is 9.19. The largest absolute Gasteiger partial charge is 0.492 e. The Morgan fingerprint density at radius 3 is 2.51 bits per heavy atom. The molecule has 0 aliphatic carbocycles. The first-order valence-electron chi connectivity index (χ1n) is 12.9. The fourth-order valence-electron chi connectivity index (χ4n) is 4.83. The highest BCUT2D eigenvalue weighted by Gasteiger charge is 2.24. The van der Waals surface area contributed by atoms with Crippen LogP contribution in [-0.4, -0.2) is 66.7 Å². The van der Waals surface area contributed by atoms with Crippen molar-refractivity contribution >= 4 is 40.8 Å². The molecule has 2 aliphatic rings. The molecule has 0 radical (unpaired) electrons. The molecule has 0 unspecified atom stereocenters. The van der Waals surface area contributed by atoms with Crippen LogP contribution in [0.3, 0.4) is 0 Å². The number of halogens is 1. The molecule has 3 aromatic rings. The molecule has 0 spiro atoms. The van der Waals surface area contributed by atoms with Gasteiger partial charge >= 0.3 is 0 Å². The van der Waals surface area contributed by atoms with Crippen LogP contribution in [-0.2, 0) is 5.75 Å². The van der Waals surface area contributed by atoms with Crippen LogP contribution in [0.2, 0.25) is 5.15 Å². The lowest BCUT2D eigenvalue weighted by Gasteiger charge is -2.36. The van der Waals surface area contributed by atoms with E-state index in [0.717, 1.165) is 49.0 Å². The summed E-state index contributed by atoms with van der Waals surface area (Å²) in [6.07, 6.45) is 2.36. The maximum atomic E-state index is 13.3. The first-order valence-corrected chi connectivity index (χ1v) is 14.2. The van der Waals surface area contributed by atoms with Gasteiger partial charge in [-0.15, -0.1) is 0 Å². The molecule has 0 N–H and O–H groups in total. The summed E-state index contributed by atoms with van der Waals surface area (Å²) < 4.78 is 5.80. The van der Waals surface area contributed by atoms with Gasteiger partial charge in [0.1, 0.15) is 16.7 Å². The Morgan fingerprint density at radius 1 is 0.946 bits per heavy atom. The van der Waals surface area contributed by atoms with E-state index in [-0.39, 0.29) is 5.91 Å². The lowest BCUT2D eigenvalue weighted by atomic mass is 10.1. The van der Waals surface area contributed by atoms with Crippen molar-refractivity contribution in [3.63, 3.8) is 0 Å². The van der Waals surface area contributed by atoms with E-state index in [1.165, 1.54) is 12.8 Å². The van der Waals surface area contributed by atoms with Crippen LogP contribution in [0.25, 0.3) is 0 Å². The van der Waals surface area contributed by atoms with Gasteiger partial charge in [0.25, 0.3) is 5.91 Å². The summed E-state index contributed by atoms with van der Waals surface area (Å²) in [6, 6.07) is 17.8. The number of hydrogen-bond acceptors (Lipinski definition) is 7. The van der Waals surface area contributed by atoms with E-state index < -0.39 is 0 Å². The van der Waals surface area contributed by atoms with Crippen molar-refractivity contribution in [2.75, 3.05) is 55.7 Å². The fourth-order valence-corrected chi connectivity index (χ4v) is 5.85. The van der Waals surface area contributed by atoms with E-state index in [4.69, 9.17) is 21.3 Å². The quantitative estimate of drug-likeness (QED) is 0.217. The van der Waals surface area contributed by atoms with Crippen molar-refractivity contribution in [3.05, 3.63) is 70.9 Å². The topological polar surface area (TPSA) is 61.8 Å². The number of benzene rings is 2. The number of hydrogen-bond donors (Lipinski definition) is 0. The molecule has 0 atom stereocenters. The molecule has 5 rings (SSSR count). The van der Waals surface area contributed by atoms with Crippen LogP contribution in [0, 0.1) is 0 Å². The average Bonchev–Trinajstić information content (AvgIpc) is 3.48. The Balaban J connectivity index is 1.20. The molecule has 1 aromatic heterocycles. The van der Waals surface area contributed by atoms with Crippen molar-refractivity contribution < 1.29 is 9.53 Å². The molecule has 3 heterocycles. The molecular formula is C28H32ClN5O2S. The van der Waals surface area contributed by atoms with Gasteiger partial charge in [-0.3, -0.25) is 4.79 Å². The molecule has 9 heteroatoms. The minimum absolute atomic E-state index is 0.0694. The highest BCUT2D eigenvalue weighted by Crippen LogP contribution is 2.30. The fraction of sp³-hybridized carbons (Fsp3) is 0.393. The molecule has 2 aliphatic heterocycles. The summed E-state index contributed by atoms with van der Waals surface area (Å²) >= 11 is 7.83. The Morgan fingerprint density at radius 2 is 1.73 bits per heavy atom. The van der Waals surface area contributed by atoms with Crippen LogP contribution < -0.4 is 14.5 Å². The zero-order valence-electron chi connectivity index (χ0n) is 21.1. The molecule has 2 fully saturated rings. The summed E-state index contributed by atoms with van der Waals surface area (Å²) in [6.45, 7) is 7.54. The van der Waals surface area contributed by atoms with Crippen LogP contribution in [0.1, 0.15) is 35.7 Å². The van der Waals surface area contributed by atoms with Crippen molar-refractivity contribution in [2.24, 2.45) is 0 Å². The minimum Gasteiger partial charge on any atom is -0.492 e. The van der Waals surface area contributed by atoms with Gasteiger partial charge in [0.15, 0.2) is 5.16 Å². The third-order valence-corrected chi connectivity index (χ3v) is 7.82. The summed E-state index contributed by atoms with van der Waals surface area (Å²) in [7, 11) is 0. The molecule has 37 heavy (non-hydrogen) atoms. The van der Waals surface area contributed by atoms with Crippen LogP contribution >= 0.6 is 23.4 Å². The minimum atomic E-state index is 0.0694. The van der Waals surface area contributed by atoms with Crippen LogP contribution in [0.4, 0.5) is 11.5 Å². The molecule has 1 amide bonds. The van der Waals surface area contributed by atoms with Crippen molar-refractivity contribution in [1.82, 2.24) is 14.9 Å². The van der Waals surface area contributed by atoms with E-state index in [0.29, 0.717) is 41.3 Å². The number of anilines is 2. The smallest absolute Gasteiger partial charge is 0.253 e. The third-order valence-electron chi connectivity index (χ3n) is 6.71. The highest BCUT2D eigenvalue weighted by atomic mass is 35.5. The van der Waals surface area contributed by atoms with Gasteiger partial charge in [-0.2, -0.15) is 0 Å². The van der Waals surface area contributed by atoms with Crippen LogP contribution in [0.15, 0.2) is 59.8 Å². The zero-order valence-corrected chi connectivity index (χ0v) is 22.7. The van der Waals surface area contributed by atoms with E-state index in [1.807, 2.05) is 60.4 Å². The Kier molecular flexibility index (Phi) is 8.36. The van der Waals surface area contributed by atoms with E-state index in [2.05, 4.69) is 20.9 Å². The van der Waals surface area contributed by atoms with Crippen molar-refractivity contribution in [1.29, 1.82) is 0 Å². The first-order chi connectivity index (χ1) is 18.1. The first kappa shape index (κ1) is 25.7. The summed E-state index contributed by atoms with van der Waals surface area (Å²) in [5, 5.41) is 1.13. The SMILES string of the molecule is CCOc1ccccc1N1CCN(C(=O)c2cccc(CSc3nc(Cl)cc(N4CCCC4)n3)c2)CC1. The van der Waals surface area contributed by atoms with Crippen molar-refractivity contribution in [2.45, 2.75) is 30.7 Å². The predicted octanol–water partition coefficient (Wildman–Crippen LogP) is 5.38. The number of rotatable bonds is 8. The Hall–Kier alpha value is -2.97. The maximum absolute atomic E-state index is 13.3. The molecule has 7 nitrogen and oxygen atoms in total. The van der Waals surface area contributed by atoms with Crippen LogP contribution in [0.5, 0.6) is 5.75 Å². The highest BCUT2D eigenvalue weighted by molar-refractivity contribution is 7.98. The normalized spacial score (nSPS) is 15.8. The lowest BCUT2D eigenvalue weighted by molar-refractivity contribution is 0.0746. The number of amides is 1. The number of carbonyl (C=O) groups excluding carboxylic acids is 1. The third kappa shape index (κ3) is 6.30. The number of para-hydroxylation sites is 2. The monoisotopic (exact) mass is 537 g/mol. The number of nitrogens with zero attached hydrogens (tertiary/aromatic N) is 5. The molecule has 194 valence electrons. The number of aromatic nitrogens is 2. The molecule has 2 saturated heterocycles. The maximum Gasteiger partial charge on any atom is 0.253 e.